The van der Waals surface area contributed by atoms with Gasteiger partial charge < -0.3 is 19.0 Å². The molecule has 0 aliphatic rings. The highest BCUT2D eigenvalue weighted by Crippen LogP contribution is 2.37. The average molecular weight is 423 g/mol. The minimum absolute atomic E-state index is 0.0601. The lowest BCUT2D eigenvalue weighted by Gasteiger charge is -2.38. The molecular weight excluding hydrogens is 380 g/mol. The molecule has 0 bridgehead atoms. The molecule has 1 aromatic rings. The van der Waals surface area contributed by atoms with Gasteiger partial charge in [-0.05, 0) is 55.1 Å². The van der Waals surface area contributed by atoms with Crippen LogP contribution in [0.25, 0.3) is 0 Å². The minimum Gasteiger partial charge on any atom is -0.497 e. The predicted octanol–water partition coefficient (Wildman–Crippen LogP) is 5.81. The minimum atomic E-state index is -1.85. The molecule has 3 atom stereocenters. The molecule has 166 valence electrons. The SMILES string of the molecule is C/C=C/[C@@H](C)[C@@H](CO[Si](C)(C)C(C)(C)C)[C@H](O)CCOCc1ccc(OC)cc1. The second-order valence-corrected chi connectivity index (χ2v) is 14.2. The van der Waals surface area contributed by atoms with Crippen molar-refractivity contribution < 1.29 is 19.0 Å². The van der Waals surface area contributed by atoms with Gasteiger partial charge in [0.2, 0.25) is 0 Å². The first-order valence-electron chi connectivity index (χ1n) is 10.7. The Kier molecular flexibility index (Phi) is 10.6. The van der Waals surface area contributed by atoms with Gasteiger partial charge in [0.15, 0.2) is 8.32 Å². The van der Waals surface area contributed by atoms with Crippen molar-refractivity contribution in [3.63, 3.8) is 0 Å². The Morgan fingerprint density at radius 1 is 1.14 bits per heavy atom. The lowest BCUT2D eigenvalue weighted by molar-refractivity contribution is 0.0160. The molecule has 4 nitrogen and oxygen atoms in total. The van der Waals surface area contributed by atoms with Crippen LogP contribution in [-0.2, 0) is 15.8 Å². The first-order chi connectivity index (χ1) is 13.5. The molecule has 0 fully saturated rings. The quantitative estimate of drug-likeness (QED) is 0.262. The summed E-state index contributed by atoms with van der Waals surface area (Å²) in [5.41, 5.74) is 1.10. The monoisotopic (exact) mass is 422 g/mol. The van der Waals surface area contributed by atoms with E-state index >= 15 is 0 Å². The Balaban J connectivity index is 2.58. The Bertz CT molecular complexity index is 604. The van der Waals surface area contributed by atoms with Gasteiger partial charge in [-0.15, -0.1) is 0 Å². The second kappa shape index (κ2) is 11.9. The number of allylic oxidation sites excluding steroid dienone is 2. The Hall–Kier alpha value is -1.14. The molecule has 0 unspecified atom stereocenters. The number of ether oxygens (including phenoxy) is 2. The highest BCUT2D eigenvalue weighted by molar-refractivity contribution is 6.74. The fourth-order valence-corrected chi connectivity index (χ4v) is 3.95. The van der Waals surface area contributed by atoms with Crippen molar-refractivity contribution >= 4 is 8.32 Å². The van der Waals surface area contributed by atoms with E-state index in [4.69, 9.17) is 13.9 Å². The lowest BCUT2D eigenvalue weighted by Crippen LogP contribution is -2.44. The third kappa shape index (κ3) is 8.63. The van der Waals surface area contributed by atoms with E-state index in [9.17, 15) is 5.11 Å². The Labute approximate surface area is 179 Å². The summed E-state index contributed by atoms with van der Waals surface area (Å²) >= 11 is 0. The molecule has 0 aliphatic carbocycles. The molecule has 1 N–H and O–H groups in total. The van der Waals surface area contributed by atoms with Gasteiger partial charge in [-0.2, -0.15) is 0 Å². The van der Waals surface area contributed by atoms with Crippen LogP contribution in [0.5, 0.6) is 5.75 Å². The molecule has 1 rings (SSSR count). The molecule has 0 aromatic heterocycles. The van der Waals surface area contributed by atoms with Crippen molar-refractivity contribution in [1.29, 1.82) is 0 Å². The largest absolute Gasteiger partial charge is 0.497 e. The highest BCUT2D eigenvalue weighted by atomic mass is 28.4. The molecule has 1 aromatic carbocycles. The van der Waals surface area contributed by atoms with Gasteiger partial charge >= 0.3 is 0 Å². The summed E-state index contributed by atoms with van der Waals surface area (Å²) in [4.78, 5) is 0. The van der Waals surface area contributed by atoms with Crippen molar-refractivity contribution in [2.24, 2.45) is 11.8 Å². The lowest BCUT2D eigenvalue weighted by atomic mass is 9.88. The van der Waals surface area contributed by atoms with Crippen LogP contribution < -0.4 is 4.74 Å². The van der Waals surface area contributed by atoms with E-state index in [1.807, 2.05) is 31.2 Å². The summed E-state index contributed by atoms with van der Waals surface area (Å²) in [5.74, 6) is 1.15. The zero-order valence-corrected chi connectivity index (χ0v) is 20.7. The van der Waals surface area contributed by atoms with E-state index in [1.54, 1.807) is 7.11 Å². The van der Waals surface area contributed by atoms with Crippen LogP contribution in [0.2, 0.25) is 18.1 Å². The van der Waals surface area contributed by atoms with E-state index in [-0.39, 0.29) is 16.9 Å². The van der Waals surface area contributed by atoms with E-state index in [1.165, 1.54) is 0 Å². The number of benzene rings is 1. The summed E-state index contributed by atoms with van der Waals surface area (Å²) in [6.45, 7) is 17.1. The van der Waals surface area contributed by atoms with Crippen molar-refractivity contribution in [1.82, 2.24) is 0 Å². The number of aliphatic hydroxyl groups is 1. The van der Waals surface area contributed by atoms with Crippen molar-refractivity contribution in [3.8, 4) is 5.75 Å². The van der Waals surface area contributed by atoms with E-state index in [2.05, 4.69) is 52.9 Å². The van der Waals surface area contributed by atoms with E-state index < -0.39 is 14.4 Å². The third-order valence-corrected chi connectivity index (χ3v) is 10.6. The summed E-state index contributed by atoms with van der Waals surface area (Å²) in [5, 5.41) is 11.0. The van der Waals surface area contributed by atoms with Gasteiger partial charge in [-0.3, -0.25) is 0 Å². The highest BCUT2D eigenvalue weighted by Gasteiger charge is 2.38. The Morgan fingerprint density at radius 2 is 1.76 bits per heavy atom. The zero-order valence-electron chi connectivity index (χ0n) is 19.7. The van der Waals surface area contributed by atoms with Crippen LogP contribution in [0.4, 0.5) is 0 Å². The third-order valence-electron chi connectivity index (χ3n) is 6.09. The van der Waals surface area contributed by atoms with E-state index in [0.717, 1.165) is 11.3 Å². The van der Waals surface area contributed by atoms with Gasteiger partial charge in [-0.25, -0.2) is 0 Å². The molecular formula is C24H42O4Si. The van der Waals surface area contributed by atoms with Gasteiger partial charge in [0.1, 0.15) is 5.75 Å². The number of methoxy groups -OCH3 is 1. The molecule has 0 saturated heterocycles. The van der Waals surface area contributed by atoms with Crippen LogP contribution in [0, 0.1) is 11.8 Å². The first-order valence-corrected chi connectivity index (χ1v) is 13.6. The molecule has 29 heavy (non-hydrogen) atoms. The first kappa shape index (κ1) is 25.9. The molecule has 0 radical (unpaired) electrons. The number of hydrogen-bond donors (Lipinski definition) is 1. The number of hydrogen-bond acceptors (Lipinski definition) is 4. The molecule has 5 heteroatoms. The molecule has 0 amide bonds. The van der Waals surface area contributed by atoms with Crippen LogP contribution in [0.15, 0.2) is 36.4 Å². The van der Waals surface area contributed by atoms with Gasteiger partial charge in [0, 0.05) is 19.1 Å². The van der Waals surface area contributed by atoms with Gasteiger partial charge in [0.05, 0.1) is 19.8 Å². The summed E-state index contributed by atoms with van der Waals surface area (Å²) in [6.07, 6.45) is 4.35. The van der Waals surface area contributed by atoms with E-state index in [0.29, 0.717) is 26.2 Å². The topological polar surface area (TPSA) is 47.9 Å². The van der Waals surface area contributed by atoms with Crippen LogP contribution >= 0.6 is 0 Å². The van der Waals surface area contributed by atoms with Crippen molar-refractivity contribution in [2.45, 2.75) is 71.9 Å². The maximum Gasteiger partial charge on any atom is 0.191 e. The van der Waals surface area contributed by atoms with Crippen LogP contribution in [0.1, 0.15) is 46.6 Å². The molecule has 0 aliphatic heterocycles. The molecule has 0 saturated carbocycles. The maximum absolute atomic E-state index is 10.9. The van der Waals surface area contributed by atoms with Gasteiger partial charge in [-0.1, -0.05) is 52.0 Å². The van der Waals surface area contributed by atoms with Crippen LogP contribution in [-0.4, -0.2) is 39.9 Å². The molecule has 0 heterocycles. The van der Waals surface area contributed by atoms with Crippen molar-refractivity contribution in [2.75, 3.05) is 20.3 Å². The summed E-state index contributed by atoms with van der Waals surface area (Å²) in [7, 11) is -0.190. The Morgan fingerprint density at radius 3 is 2.28 bits per heavy atom. The summed E-state index contributed by atoms with van der Waals surface area (Å²) in [6, 6.07) is 7.86. The predicted molar refractivity (Wildman–Crippen MR) is 124 cm³/mol. The average Bonchev–Trinajstić information content (AvgIpc) is 2.65. The zero-order chi connectivity index (χ0) is 22.1. The van der Waals surface area contributed by atoms with Gasteiger partial charge in [0.25, 0.3) is 0 Å². The normalized spacial score (nSPS) is 16.0. The number of aliphatic hydroxyl groups excluding tert-OH is 1. The fraction of sp³-hybridized carbons (Fsp3) is 0.667. The maximum atomic E-state index is 10.9. The fourth-order valence-electron chi connectivity index (χ4n) is 2.91. The second-order valence-electron chi connectivity index (χ2n) is 9.38. The van der Waals surface area contributed by atoms with Crippen LogP contribution in [0.3, 0.4) is 0 Å². The molecule has 0 spiro atoms. The number of rotatable bonds is 12. The van der Waals surface area contributed by atoms with Crippen molar-refractivity contribution in [3.05, 3.63) is 42.0 Å². The standard InChI is InChI=1S/C24H42O4Si/c1-9-10-19(2)22(18-28-29(7,8)24(3,4)5)23(25)15-16-27-17-20-11-13-21(26-6)14-12-20/h9-14,19,22-23,25H,15-18H2,1-8H3/b10-9+/t19-,22-,23-/m1/s1. The smallest absolute Gasteiger partial charge is 0.191 e. The summed E-state index contributed by atoms with van der Waals surface area (Å²) < 4.78 is 17.4.